The van der Waals surface area contributed by atoms with E-state index in [1.54, 1.807) is 18.5 Å². The monoisotopic (exact) mass is 555 g/mol. The fraction of sp³-hybridized carbons (Fsp3) is 0.625. The van der Waals surface area contributed by atoms with Crippen molar-refractivity contribution in [2.75, 3.05) is 55.7 Å². The van der Waals surface area contributed by atoms with E-state index in [1.807, 2.05) is 16.4 Å². The average molecular weight is 556 g/mol. The molecule has 1 atom stereocenters. The number of imidazole rings is 1. The average Bonchev–Trinajstić information content (AvgIpc) is 3.28. The van der Waals surface area contributed by atoms with Crippen LogP contribution in [0.15, 0.2) is 4.79 Å². The third-order valence-corrected chi connectivity index (χ3v) is 6.32. The minimum atomic E-state index is -5.08. The Labute approximate surface area is 222 Å². The third-order valence-electron chi connectivity index (χ3n) is 6.32. The van der Waals surface area contributed by atoms with Crippen LogP contribution in [0.2, 0.25) is 0 Å². The number of aliphatic carboxylic acids is 1. The number of piperidine rings is 1. The lowest BCUT2D eigenvalue weighted by atomic mass is 9.98. The van der Waals surface area contributed by atoms with Crippen LogP contribution >= 0.6 is 0 Å². The van der Waals surface area contributed by atoms with Gasteiger partial charge < -0.3 is 25.0 Å². The number of hydrogen-bond acceptors (Lipinski definition) is 9. The van der Waals surface area contributed by atoms with Crippen molar-refractivity contribution in [1.29, 1.82) is 0 Å². The van der Waals surface area contributed by atoms with Crippen molar-refractivity contribution >= 4 is 35.0 Å². The summed E-state index contributed by atoms with van der Waals surface area (Å²) in [6.45, 7) is 8.91. The van der Waals surface area contributed by atoms with Gasteiger partial charge in [0, 0.05) is 46.3 Å². The van der Waals surface area contributed by atoms with Crippen LogP contribution in [-0.4, -0.2) is 88.2 Å². The number of esters is 1. The molecule has 214 valence electrons. The molecule has 0 bridgehead atoms. The maximum absolute atomic E-state index is 13.5. The van der Waals surface area contributed by atoms with Crippen LogP contribution in [0.1, 0.15) is 26.7 Å². The molecule has 0 spiro atoms. The second-order valence-corrected chi connectivity index (χ2v) is 8.95. The lowest BCUT2D eigenvalue weighted by molar-refractivity contribution is -0.192. The first-order valence-electron chi connectivity index (χ1n) is 12.5. The van der Waals surface area contributed by atoms with Gasteiger partial charge in [0.05, 0.1) is 19.1 Å². The molecule has 2 saturated heterocycles. The van der Waals surface area contributed by atoms with E-state index >= 15 is 0 Å². The summed E-state index contributed by atoms with van der Waals surface area (Å²) < 4.78 is 40.4. The Balaban J connectivity index is 0.000000532. The molecule has 2 aromatic rings. The second kappa shape index (κ2) is 12.8. The van der Waals surface area contributed by atoms with E-state index in [2.05, 4.69) is 22.1 Å². The highest BCUT2D eigenvalue weighted by molar-refractivity contribution is 5.77. The maximum atomic E-state index is 13.5. The lowest BCUT2D eigenvalue weighted by Crippen LogP contribution is -2.44. The van der Waals surface area contributed by atoms with Crippen molar-refractivity contribution in [3.8, 4) is 11.8 Å². The summed E-state index contributed by atoms with van der Waals surface area (Å²) in [5, 5.41) is 10.5. The van der Waals surface area contributed by atoms with Gasteiger partial charge in [0.25, 0.3) is 5.56 Å². The van der Waals surface area contributed by atoms with Gasteiger partial charge in [-0.2, -0.15) is 23.1 Å². The Hall–Kier alpha value is -3.80. The van der Waals surface area contributed by atoms with Gasteiger partial charge in [0.2, 0.25) is 11.9 Å². The molecule has 12 nitrogen and oxygen atoms in total. The van der Waals surface area contributed by atoms with Gasteiger partial charge in [-0.25, -0.2) is 4.79 Å². The van der Waals surface area contributed by atoms with Crippen molar-refractivity contribution < 1.29 is 32.6 Å². The van der Waals surface area contributed by atoms with E-state index < -0.39 is 12.1 Å². The predicted octanol–water partition coefficient (Wildman–Crippen LogP) is 0.976. The van der Waals surface area contributed by atoms with Crippen molar-refractivity contribution in [2.45, 2.75) is 39.4 Å². The molecule has 39 heavy (non-hydrogen) atoms. The molecule has 4 heterocycles. The number of fused-ring (bicyclic) bond motifs is 1. The Bertz CT molecular complexity index is 1310. The van der Waals surface area contributed by atoms with E-state index in [0.717, 1.165) is 51.5 Å². The Morgan fingerprint density at radius 1 is 1.15 bits per heavy atom. The summed E-state index contributed by atoms with van der Waals surface area (Å²) in [4.78, 5) is 48.4. The maximum Gasteiger partial charge on any atom is 0.490 e. The topological polar surface area (TPSA) is 135 Å². The first-order valence-corrected chi connectivity index (χ1v) is 12.5. The van der Waals surface area contributed by atoms with E-state index in [4.69, 9.17) is 24.6 Å². The lowest BCUT2D eigenvalue weighted by Gasteiger charge is -2.32. The van der Waals surface area contributed by atoms with Crippen LogP contribution in [0.4, 0.5) is 25.1 Å². The van der Waals surface area contributed by atoms with Gasteiger partial charge >= 0.3 is 18.1 Å². The SMILES string of the molecule is CC#CCn1c(N2CCNCC2)nc2nc(N3CCC[C@H](C(=O)OCC)C3)n(C)c(=O)c21.O=C(O)C(F)(F)F. The predicted molar refractivity (Wildman–Crippen MR) is 137 cm³/mol. The molecule has 2 fully saturated rings. The fourth-order valence-corrected chi connectivity index (χ4v) is 4.45. The first kappa shape index (κ1) is 29.8. The van der Waals surface area contributed by atoms with E-state index in [0.29, 0.717) is 36.8 Å². The van der Waals surface area contributed by atoms with Crippen LogP contribution in [0, 0.1) is 17.8 Å². The number of carbonyl (C=O) groups excluding carboxylic acids is 1. The molecule has 2 aromatic heterocycles. The molecule has 2 aliphatic rings. The molecule has 15 heteroatoms. The van der Waals surface area contributed by atoms with Crippen molar-refractivity contribution in [3.05, 3.63) is 10.4 Å². The molecule has 0 saturated carbocycles. The summed E-state index contributed by atoms with van der Waals surface area (Å²) in [5.74, 6) is 4.09. The number of ether oxygens (including phenoxy) is 1. The molecule has 2 N–H and O–H groups in total. The van der Waals surface area contributed by atoms with Gasteiger partial charge in [-0.1, -0.05) is 5.92 Å². The van der Waals surface area contributed by atoms with Gasteiger partial charge in [0.1, 0.15) is 0 Å². The zero-order valence-corrected chi connectivity index (χ0v) is 22.0. The molecule has 4 rings (SSSR count). The number of carboxylic acid groups (broad SMARTS) is 1. The molecule has 0 amide bonds. The molecule has 0 unspecified atom stereocenters. The summed E-state index contributed by atoms with van der Waals surface area (Å²) in [5.41, 5.74) is 0.731. The number of aromatic nitrogens is 4. The number of carboxylic acids is 1. The number of piperazine rings is 1. The molecular formula is C24H32F3N7O5. The Kier molecular flexibility index (Phi) is 9.79. The highest BCUT2D eigenvalue weighted by Crippen LogP contribution is 2.25. The van der Waals surface area contributed by atoms with Crippen LogP contribution < -0.4 is 20.7 Å². The summed E-state index contributed by atoms with van der Waals surface area (Å²) >= 11 is 0. The number of nitrogens with one attached hydrogen (secondary N) is 1. The molecule has 0 radical (unpaired) electrons. The zero-order chi connectivity index (χ0) is 28.7. The molecule has 0 aliphatic carbocycles. The highest BCUT2D eigenvalue weighted by atomic mass is 19.4. The van der Waals surface area contributed by atoms with E-state index in [-0.39, 0.29) is 17.4 Å². The number of halogens is 3. The van der Waals surface area contributed by atoms with Crippen molar-refractivity contribution in [2.24, 2.45) is 13.0 Å². The van der Waals surface area contributed by atoms with Crippen LogP contribution in [0.5, 0.6) is 0 Å². The van der Waals surface area contributed by atoms with Gasteiger partial charge in [-0.3, -0.25) is 18.7 Å². The Morgan fingerprint density at radius 2 is 1.79 bits per heavy atom. The van der Waals surface area contributed by atoms with Gasteiger partial charge in [0.15, 0.2) is 11.2 Å². The zero-order valence-electron chi connectivity index (χ0n) is 22.0. The highest BCUT2D eigenvalue weighted by Gasteiger charge is 2.38. The second-order valence-electron chi connectivity index (χ2n) is 8.95. The number of anilines is 2. The number of nitrogens with zero attached hydrogens (tertiary/aromatic N) is 6. The van der Waals surface area contributed by atoms with E-state index in [9.17, 15) is 22.8 Å². The van der Waals surface area contributed by atoms with Crippen molar-refractivity contribution in [1.82, 2.24) is 24.4 Å². The molecular weight excluding hydrogens is 523 g/mol. The van der Waals surface area contributed by atoms with Crippen LogP contribution in [0.25, 0.3) is 11.2 Å². The quantitative estimate of drug-likeness (QED) is 0.406. The van der Waals surface area contributed by atoms with Gasteiger partial charge in [-0.05, 0) is 26.7 Å². The third kappa shape index (κ3) is 6.99. The number of rotatable bonds is 5. The smallest absolute Gasteiger partial charge is 0.475 e. The van der Waals surface area contributed by atoms with Crippen molar-refractivity contribution in [3.63, 3.8) is 0 Å². The van der Waals surface area contributed by atoms with Crippen LogP contribution in [0.3, 0.4) is 0 Å². The number of alkyl halides is 3. The van der Waals surface area contributed by atoms with Crippen LogP contribution in [-0.2, 0) is 27.9 Å². The minimum Gasteiger partial charge on any atom is -0.475 e. The summed E-state index contributed by atoms with van der Waals surface area (Å²) in [6, 6.07) is 0. The van der Waals surface area contributed by atoms with E-state index in [1.165, 1.54) is 0 Å². The summed E-state index contributed by atoms with van der Waals surface area (Å²) in [6.07, 6.45) is -3.47. The minimum absolute atomic E-state index is 0.157. The largest absolute Gasteiger partial charge is 0.490 e. The Morgan fingerprint density at radius 3 is 2.38 bits per heavy atom. The summed E-state index contributed by atoms with van der Waals surface area (Å²) in [7, 11) is 1.73. The molecule has 2 aliphatic heterocycles. The standard InChI is InChI=1S/C22H31N7O3.C2HF3O2/c1-4-6-12-29-17-18(25-22(29)27-13-9-23-10-14-27)24-21(26(3)19(17)30)28-11-7-8-16(15-28)20(31)32-5-2;3-2(4,5)1(6)7/h16,23H,5,7-15H2,1-3H3;(H,6,7)/t16-;/m0./s1. The number of carbonyl (C=O) groups is 2. The van der Waals surface area contributed by atoms with Gasteiger partial charge in [-0.15, -0.1) is 5.92 Å². The first-order chi connectivity index (χ1) is 18.5. The molecule has 0 aromatic carbocycles. The fourth-order valence-electron chi connectivity index (χ4n) is 4.45. The number of hydrogen-bond donors (Lipinski definition) is 2. The normalized spacial score (nSPS) is 17.6.